The van der Waals surface area contributed by atoms with E-state index in [1.807, 2.05) is 0 Å². The molecule has 0 rings (SSSR count). The smallest absolute Gasteiger partial charge is 0.306 e. The maximum Gasteiger partial charge on any atom is 0.306 e. The lowest BCUT2D eigenvalue weighted by Gasteiger charge is -2.18. The second-order valence-corrected chi connectivity index (χ2v) is 22.0. The quantitative estimate of drug-likeness (QED) is 0.0261. The molecule has 0 bridgehead atoms. The van der Waals surface area contributed by atoms with Crippen LogP contribution in [0.3, 0.4) is 0 Å². The summed E-state index contributed by atoms with van der Waals surface area (Å²) in [5, 5.41) is 0. The number of esters is 3. The molecule has 0 aromatic heterocycles. The van der Waals surface area contributed by atoms with Crippen molar-refractivity contribution < 1.29 is 28.6 Å². The molecule has 79 heavy (non-hydrogen) atoms. The Morgan fingerprint density at radius 2 is 0.494 bits per heavy atom. The maximum absolute atomic E-state index is 12.9. The number of rotatable bonds is 60. The Morgan fingerprint density at radius 3 is 0.810 bits per heavy atom. The fourth-order valence-electron chi connectivity index (χ4n) is 9.24. The van der Waals surface area contributed by atoms with Crippen LogP contribution in [-0.4, -0.2) is 37.2 Å². The number of allylic oxidation sites excluding steroid dienone is 18. The second-order valence-electron chi connectivity index (χ2n) is 22.0. The van der Waals surface area contributed by atoms with Gasteiger partial charge in [0.2, 0.25) is 0 Å². The fourth-order valence-corrected chi connectivity index (χ4v) is 9.24. The van der Waals surface area contributed by atoms with Crippen molar-refractivity contribution >= 4 is 17.9 Å². The highest BCUT2D eigenvalue weighted by Crippen LogP contribution is 2.16. The van der Waals surface area contributed by atoms with Gasteiger partial charge in [0.25, 0.3) is 0 Å². The number of hydrogen-bond donors (Lipinski definition) is 0. The van der Waals surface area contributed by atoms with Gasteiger partial charge >= 0.3 is 17.9 Å². The minimum Gasteiger partial charge on any atom is -0.462 e. The lowest BCUT2D eigenvalue weighted by molar-refractivity contribution is -0.167. The molecule has 0 aromatic rings. The molecule has 0 aromatic carbocycles. The standard InChI is InChI=1S/C73H124O6/c1-4-7-10-13-16-19-22-25-27-29-31-32-33-34-35-36-37-38-39-40-42-43-45-48-51-54-57-60-63-66-72(75)78-69-70(68-77-71(74)65-62-59-56-53-50-47-24-21-18-15-12-9-6-3)79-73(76)67-64-61-58-55-52-49-46-44-41-30-28-26-23-20-17-14-11-8-5-2/h8,11,17,20-22,24-26,28-29,31,33-34,41,44,49,52,70H,4-7,9-10,12-16,18-19,23,27,30,32,35-40,42-43,45-48,50-51,53-69H2,1-3H3/b11-8-,20-17-,24-21-,25-22-,28-26-,31-29-,34-33-,44-41-,52-49-. The van der Waals surface area contributed by atoms with Crippen LogP contribution in [-0.2, 0) is 28.6 Å². The van der Waals surface area contributed by atoms with Crippen LogP contribution in [0.5, 0.6) is 0 Å². The average Bonchev–Trinajstić information content (AvgIpc) is 3.45. The highest BCUT2D eigenvalue weighted by atomic mass is 16.6. The Labute approximate surface area is 489 Å². The van der Waals surface area contributed by atoms with E-state index in [4.69, 9.17) is 14.2 Å². The van der Waals surface area contributed by atoms with Gasteiger partial charge in [-0.3, -0.25) is 14.4 Å². The largest absolute Gasteiger partial charge is 0.462 e. The first-order valence-corrected chi connectivity index (χ1v) is 33.4. The molecule has 0 spiro atoms. The SMILES string of the molecule is CC/C=C\C/C=C\C/C=C\C/C=C\C/C=C\CCCCCC(=O)OC(COC(=O)CCCCCCC/C=C\CCCCCC)COC(=O)CCCCCCCCCCCCCCCC/C=C\C/C=C\C/C=C\CCCCCCC. The van der Waals surface area contributed by atoms with Crippen LogP contribution in [0.1, 0.15) is 316 Å². The highest BCUT2D eigenvalue weighted by molar-refractivity contribution is 5.71. The van der Waals surface area contributed by atoms with Gasteiger partial charge in [-0.1, -0.05) is 278 Å². The summed E-state index contributed by atoms with van der Waals surface area (Å²) in [4.78, 5) is 38.3. The molecule has 0 saturated carbocycles. The molecular weight excluding hydrogens is 973 g/mol. The van der Waals surface area contributed by atoms with Gasteiger partial charge in [-0.2, -0.15) is 0 Å². The van der Waals surface area contributed by atoms with Crippen LogP contribution in [0.2, 0.25) is 0 Å². The molecule has 0 saturated heterocycles. The minimum absolute atomic E-state index is 0.0942. The zero-order valence-corrected chi connectivity index (χ0v) is 51.9. The number of carbonyl (C=O) groups is 3. The average molecular weight is 1100 g/mol. The first kappa shape index (κ1) is 75.1. The van der Waals surface area contributed by atoms with Crippen LogP contribution in [0, 0.1) is 0 Å². The van der Waals surface area contributed by atoms with E-state index < -0.39 is 6.10 Å². The zero-order chi connectivity index (χ0) is 57.1. The van der Waals surface area contributed by atoms with Crippen LogP contribution < -0.4 is 0 Å². The van der Waals surface area contributed by atoms with Crippen molar-refractivity contribution in [3.63, 3.8) is 0 Å². The highest BCUT2D eigenvalue weighted by Gasteiger charge is 2.19. The molecule has 1 unspecified atom stereocenters. The normalized spacial score (nSPS) is 12.8. The van der Waals surface area contributed by atoms with E-state index >= 15 is 0 Å². The molecule has 0 N–H and O–H groups in total. The third kappa shape index (κ3) is 64.8. The van der Waals surface area contributed by atoms with Gasteiger partial charge in [-0.15, -0.1) is 0 Å². The molecule has 0 aliphatic carbocycles. The van der Waals surface area contributed by atoms with E-state index in [0.717, 1.165) is 116 Å². The van der Waals surface area contributed by atoms with Crippen LogP contribution in [0.4, 0.5) is 0 Å². The van der Waals surface area contributed by atoms with Gasteiger partial charge < -0.3 is 14.2 Å². The number of hydrogen-bond acceptors (Lipinski definition) is 6. The van der Waals surface area contributed by atoms with Gasteiger partial charge in [0.1, 0.15) is 13.2 Å². The molecule has 1 atom stereocenters. The summed E-state index contributed by atoms with van der Waals surface area (Å²) < 4.78 is 16.9. The van der Waals surface area contributed by atoms with E-state index in [1.54, 1.807) is 0 Å². The van der Waals surface area contributed by atoms with Crippen molar-refractivity contribution in [2.75, 3.05) is 13.2 Å². The van der Waals surface area contributed by atoms with Crippen LogP contribution >= 0.6 is 0 Å². The Morgan fingerprint density at radius 1 is 0.266 bits per heavy atom. The number of unbranched alkanes of at least 4 members (excludes halogenated alkanes) is 31. The Kier molecular flexibility index (Phi) is 63.3. The van der Waals surface area contributed by atoms with Gasteiger partial charge in [-0.25, -0.2) is 0 Å². The van der Waals surface area contributed by atoms with E-state index in [-0.39, 0.29) is 37.5 Å². The van der Waals surface area contributed by atoms with E-state index in [1.165, 1.54) is 161 Å². The van der Waals surface area contributed by atoms with Gasteiger partial charge in [0, 0.05) is 19.3 Å². The molecule has 0 aliphatic heterocycles. The summed E-state index contributed by atoms with van der Waals surface area (Å²) in [6.07, 6.45) is 91.1. The van der Waals surface area contributed by atoms with Crippen molar-refractivity contribution in [3.05, 3.63) is 109 Å². The Hall–Kier alpha value is -3.93. The summed E-state index contributed by atoms with van der Waals surface area (Å²) in [7, 11) is 0. The van der Waals surface area contributed by atoms with Crippen molar-refractivity contribution in [1.29, 1.82) is 0 Å². The van der Waals surface area contributed by atoms with Crippen LogP contribution in [0.15, 0.2) is 109 Å². The van der Waals surface area contributed by atoms with E-state index in [2.05, 4.69) is 130 Å². The van der Waals surface area contributed by atoms with Gasteiger partial charge in [0.05, 0.1) is 0 Å². The van der Waals surface area contributed by atoms with Crippen molar-refractivity contribution in [2.24, 2.45) is 0 Å². The molecule has 0 fully saturated rings. The molecule has 6 nitrogen and oxygen atoms in total. The molecule has 0 amide bonds. The molecule has 0 heterocycles. The summed E-state index contributed by atoms with van der Waals surface area (Å²) in [6, 6.07) is 0. The second kappa shape index (κ2) is 66.6. The molecule has 452 valence electrons. The first-order chi connectivity index (χ1) is 39.0. The predicted octanol–water partition coefficient (Wildman–Crippen LogP) is 23.0. The van der Waals surface area contributed by atoms with Gasteiger partial charge in [-0.05, 0) is 128 Å². The third-order valence-corrected chi connectivity index (χ3v) is 14.2. The monoisotopic (exact) mass is 1100 g/mol. The molecule has 0 radical (unpaired) electrons. The van der Waals surface area contributed by atoms with Crippen molar-refractivity contribution in [3.8, 4) is 0 Å². The van der Waals surface area contributed by atoms with Crippen molar-refractivity contribution in [2.45, 2.75) is 322 Å². The third-order valence-electron chi connectivity index (χ3n) is 14.2. The fraction of sp³-hybridized carbons (Fsp3) is 0.712. The molecule has 0 aliphatic rings. The predicted molar refractivity (Wildman–Crippen MR) is 343 cm³/mol. The summed E-state index contributed by atoms with van der Waals surface area (Å²) in [6.45, 7) is 6.49. The van der Waals surface area contributed by atoms with Crippen LogP contribution in [0.25, 0.3) is 0 Å². The van der Waals surface area contributed by atoms with Gasteiger partial charge in [0.15, 0.2) is 6.10 Å². The summed E-state index contributed by atoms with van der Waals surface area (Å²) >= 11 is 0. The number of ether oxygens (including phenoxy) is 3. The lowest BCUT2D eigenvalue weighted by Crippen LogP contribution is -2.30. The van der Waals surface area contributed by atoms with E-state index in [0.29, 0.717) is 12.8 Å². The topological polar surface area (TPSA) is 78.9 Å². The Balaban J connectivity index is 4.31. The maximum atomic E-state index is 12.9. The Bertz CT molecular complexity index is 1590. The minimum atomic E-state index is -0.802. The molecule has 6 heteroatoms. The lowest BCUT2D eigenvalue weighted by atomic mass is 10.0. The van der Waals surface area contributed by atoms with Crippen molar-refractivity contribution in [1.82, 2.24) is 0 Å². The summed E-state index contributed by atoms with van der Waals surface area (Å²) in [5.41, 5.74) is 0. The zero-order valence-electron chi connectivity index (χ0n) is 51.9. The van der Waals surface area contributed by atoms with E-state index in [9.17, 15) is 14.4 Å². The number of carbonyl (C=O) groups excluding carboxylic acids is 3. The molecular formula is C73H124O6. The first-order valence-electron chi connectivity index (χ1n) is 33.4. The summed E-state index contributed by atoms with van der Waals surface area (Å²) in [5.74, 6) is -0.929.